The Kier molecular flexibility index (Phi) is 6.41. The van der Waals surface area contributed by atoms with Gasteiger partial charge in [-0.2, -0.15) is 0 Å². The molecule has 1 aliphatic rings. The van der Waals surface area contributed by atoms with Crippen LogP contribution in [0, 0.1) is 0 Å². The van der Waals surface area contributed by atoms with Crippen LogP contribution in [0.2, 0.25) is 5.02 Å². The molecule has 0 saturated carbocycles. The second kappa shape index (κ2) is 9.37. The van der Waals surface area contributed by atoms with Gasteiger partial charge in [-0.1, -0.05) is 42.3 Å². The van der Waals surface area contributed by atoms with E-state index in [1.165, 1.54) is 19.3 Å². The van der Waals surface area contributed by atoms with E-state index in [1.807, 2.05) is 24.3 Å². The molecule has 1 saturated heterocycles. The van der Waals surface area contributed by atoms with Crippen LogP contribution in [-0.2, 0) is 0 Å². The summed E-state index contributed by atoms with van der Waals surface area (Å²) in [6.07, 6.45) is 3.83. The molecule has 0 unspecified atom stereocenters. The summed E-state index contributed by atoms with van der Waals surface area (Å²) in [5.74, 6) is 0.573. The van der Waals surface area contributed by atoms with Gasteiger partial charge in [-0.15, -0.1) is 0 Å². The van der Waals surface area contributed by atoms with Crippen molar-refractivity contribution < 1.29 is 14.3 Å². The van der Waals surface area contributed by atoms with Crippen molar-refractivity contribution >= 4 is 34.0 Å². The number of likely N-dealkylation sites (tertiary alicyclic amines) is 1. The Balaban J connectivity index is 1.42. The van der Waals surface area contributed by atoms with Gasteiger partial charge in [0.25, 0.3) is 0 Å². The van der Waals surface area contributed by atoms with Gasteiger partial charge in [0.15, 0.2) is 0 Å². The second-order valence-corrected chi connectivity index (χ2v) is 7.89. The molecule has 6 heteroatoms. The molecule has 3 aromatic carbocycles. The molecule has 0 spiro atoms. The SMILES string of the molecule is Nc1ccc(OC(=O)c2ccc(OCCN3CCCCC3)cc2Cl)c2ccccc12. The number of carbonyl (C=O) groups excluding carboxylic acids is 1. The Bertz CT molecular complexity index is 1050. The summed E-state index contributed by atoms with van der Waals surface area (Å²) in [6.45, 7) is 3.76. The summed E-state index contributed by atoms with van der Waals surface area (Å²) in [5.41, 5.74) is 6.94. The van der Waals surface area contributed by atoms with E-state index >= 15 is 0 Å². The Labute approximate surface area is 181 Å². The first-order valence-corrected chi connectivity index (χ1v) is 10.6. The highest BCUT2D eigenvalue weighted by atomic mass is 35.5. The van der Waals surface area contributed by atoms with Gasteiger partial charge in [0.1, 0.15) is 18.1 Å². The lowest BCUT2D eigenvalue weighted by Gasteiger charge is -2.26. The molecular formula is C24H25ClN2O3. The van der Waals surface area contributed by atoms with Crippen molar-refractivity contribution in [2.45, 2.75) is 19.3 Å². The maximum absolute atomic E-state index is 12.7. The van der Waals surface area contributed by atoms with Crippen molar-refractivity contribution in [2.24, 2.45) is 0 Å². The molecule has 4 rings (SSSR count). The summed E-state index contributed by atoms with van der Waals surface area (Å²) in [4.78, 5) is 15.1. The molecule has 2 N–H and O–H groups in total. The Morgan fingerprint density at radius 1 is 1.00 bits per heavy atom. The molecule has 156 valence electrons. The molecule has 30 heavy (non-hydrogen) atoms. The summed E-state index contributed by atoms with van der Waals surface area (Å²) in [7, 11) is 0. The van der Waals surface area contributed by atoms with Crippen LogP contribution in [0.25, 0.3) is 10.8 Å². The number of fused-ring (bicyclic) bond motifs is 1. The minimum absolute atomic E-state index is 0.293. The lowest BCUT2D eigenvalue weighted by Crippen LogP contribution is -2.33. The molecule has 0 aromatic heterocycles. The number of carbonyl (C=O) groups is 1. The molecule has 0 aliphatic carbocycles. The minimum atomic E-state index is -0.519. The summed E-state index contributed by atoms with van der Waals surface area (Å²) in [5, 5.41) is 1.92. The van der Waals surface area contributed by atoms with Crippen LogP contribution in [0.3, 0.4) is 0 Å². The van der Waals surface area contributed by atoms with E-state index in [-0.39, 0.29) is 0 Å². The number of esters is 1. The number of ether oxygens (including phenoxy) is 2. The van der Waals surface area contributed by atoms with Crippen LogP contribution in [-0.4, -0.2) is 37.1 Å². The maximum atomic E-state index is 12.7. The predicted molar refractivity (Wildman–Crippen MR) is 121 cm³/mol. The zero-order chi connectivity index (χ0) is 20.9. The first-order valence-electron chi connectivity index (χ1n) is 10.3. The summed E-state index contributed by atoms with van der Waals surface area (Å²) in [6, 6.07) is 16.0. The largest absolute Gasteiger partial charge is 0.492 e. The third-order valence-corrected chi connectivity index (χ3v) is 5.72. The number of anilines is 1. The minimum Gasteiger partial charge on any atom is -0.492 e. The number of nitrogens with two attached hydrogens (primary N) is 1. The van der Waals surface area contributed by atoms with Crippen LogP contribution in [0.15, 0.2) is 54.6 Å². The monoisotopic (exact) mass is 424 g/mol. The number of hydrogen-bond donors (Lipinski definition) is 1. The number of rotatable bonds is 6. The van der Waals surface area contributed by atoms with Crippen LogP contribution in [0.1, 0.15) is 29.6 Å². The number of nitrogens with zero attached hydrogens (tertiary/aromatic N) is 1. The first-order chi connectivity index (χ1) is 14.6. The molecule has 1 heterocycles. The van der Waals surface area contributed by atoms with Gasteiger partial charge < -0.3 is 15.2 Å². The molecule has 3 aromatic rings. The van der Waals surface area contributed by atoms with E-state index in [0.717, 1.165) is 30.4 Å². The van der Waals surface area contributed by atoms with Crippen molar-refractivity contribution in [3.63, 3.8) is 0 Å². The Hall–Kier alpha value is -2.76. The standard InChI is InChI=1S/C24H25ClN2O3/c25-21-16-17(29-15-14-27-12-4-1-5-13-27)8-9-20(21)24(28)30-23-11-10-22(26)18-6-2-3-7-19(18)23/h2-3,6-11,16H,1,4-5,12-15,26H2. The van der Waals surface area contributed by atoms with E-state index in [9.17, 15) is 4.79 Å². The lowest BCUT2D eigenvalue weighted by molar-refractivity contribution is 0.0737. The Morgan fingerprint density at radius 3 is 2.53 bits per heavy atom. The van der Waals surface area contributed by atoms with E-state index in [0.29, 0.717) is 34.4 Å². The van der Waals surface area contributed by atoms with E-state index in [4.69, 9.17) is 26.8 Å². The molecular weight excluding hydrogens is 400 g/mol. The molecule has 0 atom stereocenters. The van der Waals surface area contributed by atoms with Gasteiger partial charge in [-0.3, -0.25) is 4.90 Å². The topological polar surface area (TPSA) is 64.8 Å². The zero-order valence-electron chi connectivity index (χ0n) is 16.8. The van der Waals surface area contributed by atoms with E-state index < -0.39 is 5.97 Å². The molecule has 5 nitrogen and oxygen atoms in total. The highest BCUT2D eigenvalue weighted by Gasteiger charge is 2.16. The molecule has 0 radical (unpaired) electrons. The third kappa shape index (κ3) is 4.69. The molecule has 1 aliphatic heterocycles. The normalized spacial score (nSPS) is 14.6. The van der Waals surface area contributed by atoms with Gasteiger partial charge >= 0.3 is 5.97 Å². The quantitative estimate of drug-likeness (QED) is 0.336. The molecule has 0 bridgehead atoms. The van der Waals surface area contributed by atoms with Gasteiger partial charge in [-0.05, 0) is 56.3 Å². The van der Waals surface area contributed by atoms with Crippen LogP contribution < -0.4 is 15.2 Å². The number of piperidine rings is 1. The average Bonchev–Trinajstić information content (AvgIpc) is 2.77. The number of hydrogen-bond acceptors (Lipinski definition) is 5. The fourth-order valence-corrected chi connectivity index (χ4v) is 4.01. The maximum Gasteiger partial charge on any atom is 0.345 e. The molecule has 0 amide bonds. The predicted octanol–water partition coefficient (Wildman–Crippen LogP) is 5.16. The van der Waals surface area contributed by atoms with Crippen molar-refractivity contribution in [3.8, 4) is 11.5 Å². The van der Waals surface area contributed by atoms with Gasteiger partial charge in [0.2, 0.25) is 0 Å². The van der Waals surface area contributed by atoms with E-state index in [1.54, 1.807) is 30.3 Å². The average molecular weight is 425 g/mol. The smallest absolute Gasteiger partial charge is 0.345 e. The van der Waals surface area contributed by atoms with Crippen LogP contribution in [0.4, 0.5) is 5.69 Å². The van der Waals surface area contributed by atoms with Gasteiger partial charge in [-0.25, -0.2) is 4.79 Å². The highest BCUT2D eigenvalue weighted by molar-refractivity contribution is 6.33. The fraction of sp³-hybridized carbons (Fsp3) is 0.292. The third-order valence-electron chi connectivity index (χ3n) is 5.41. The number of nitrogen functional groups attached to an aromatic ring is 1. The highest BCUT2D eigenvalue weighted by Crippen LogP contribution is 2.31. The second-order valence-electron chi connectivity index (χ2n) is 7.48. The lowest BCUT2D eigenvalue weighted by atomic mass is 10.1. The van der Waals surface area contributed by atoms with Crippen molar-refractivity contribution in [1.82, 2.24) is 4.90 Å². The van der Waals surface area contributed by atoms with Crippen LogP contribution in [0.5, 0.6) is 11.5 Å². The molecule has 1 fully saturated rings. The number of benzene rings is 3. The zero-order valence-corrected chi connectivity index (χ0v) is 17.5. The van der Waals surface area contributed by atoms with Gasteiger partial charge in [0.05, 0.1) is 10.6 Å². The first kappa shape index (κ1) is 20.5. The van der Waals surface area contributed by atoms with E-state index in [2.05, 4.69) is 4.90 Å². The Morgan fingerprint density at radius 2 is 1.77 bits per heavy atom. The van der Waals surface area contributed by atoms with Crippen molar-refractivity contribution in [3.05, 3.63) is 65.2 Å². The summed E-state index contributed by atoms with van der Waals surface area (Å²) >= 11 is 6.35. The number of halogens is 1. The van der Waals surface area contributed by atoms with Crippen molar-refractivity contribution in [1.29, 1.82) is 0 Å². The summed E-state index contributed by atoms with van der Waals surface area (Å²) < 4.78 is 11.4. The van der Waals surface area contributed by atoms with Gasteiger partial charge in [0, 0.05) is 23.0 Å². The van der Waals surface area contributed by atoms with Crippen molar-refractivity contribution in [2.75, 3.05) is 32.0 Å². The van der Waals surface area contributed by atoms with Crippen LogP contribution >= 0.6 is 11.6 Å². The fourth-order valence-electron chi connectivity index (χ4n) is 3.77.